The van der Waals surface area contributed by atoms with Crippen LogP contribution >= 0.6 is 0 Å². The first kappa shape index (κ1) is 14.1. The van der Waals surface area contributed by atoms with E-state index in [1.807, 2.05) is 13.1 Å². The van der Waals surface area contributed by atoms with E-state index in [4.69, 9.17) is 4.74 Å². The predicted octanol–water partition coefficient (Wildman–Crippen LogP) is 2.63. The number of likely N-dealkylation sites (N-methyl/N-ethyl adjacent to an activating group) is 1. The molecule has 0 fully saturated rings. The Labute approximate surface area is 103 Å². The molecule has 0 aliphatic rings. The van der Waals surface area contributed by atoms with Gasteiger partial charge >= 0.3 is 0 Å². The van der Waals surface area contributed by atoms with Gasteiger partial charge in [-0.3, -0.25) is 0 Å². The molecule has 0 aromatic heterocycles. The van der Waals surface area contributed by atoms with Crippen LogP contribution in [0.1, 0.15) is 19.4 Å². The lowest BCUT2D eigenvalue weighted by atomic mass is 9.94. The Morgan fingerprint density at radius 2 is 2.06 bits per heavy atom. The quantitative estimate of drug-likeness (QED) is 0.824. The van der Waals surface area contributed by atoms with Crippen LogP contribution in [0.2, 0.25) is 0 Å². The van der Waals surface area contributed by atoms with Crippen molar-refractivity contribution in [2.24, 2.45) is 5.92 Å². The van der Waals surface area contributed by atoms with E-state index in [0.717, 1.165) is 12.0 Å². The van der Waals surface area contributed by atoms with E-state index in [2.05, 4.69) is 19.2 Å². The van der Waals surface area contributed by atoms with Crippen molar-refractivity contribution < 1.29 is 9.13 Å². The minimum Gasteiger partial charge on any atom is -0.380 e. The molecule has 2 atom stereocenters. The second-order valence-electron chi connectivity index (χ2n) is 4.67. The number of ether oxygens (including phenoxy) is 1. The number of halogens is 1. The molecule has 2 nitrogen and oxygen atoms in total. The monoisotopic (exact) mass is 239 g/mol. The topological polar surface area (TPSA) is 21.3 Å². The molecule has 0 bridgehead atoms. The van der Waals surface area contributed by atoms with Gasteiger partial charge in [-0.25, -0.2) is 4.39 Å². The summed E-state index contributed by atoms with van der Waals surface area (Å²) in [4.78, 5) is 0. The first-order valence-corrected chi connectivity index (χ1v) is 6.03. The number of hydrogen-bond donors (Lipinski definition) is 1. The van der Waals surface area contributed by atoms with E-state index >= 15 is 0 Å². The molecule has 0 saturated carbocycles. The lowest BCUT2D eigenvalue weighted by Gasteiger charge is -2.28. The van der Waals surface area contributed by atoms with Gasteiger partial charge in [-0.2, -0.15) is 0 Å². The fourth-order valence-electron chi connectivity index (χ4n) is 2.20. The highest BCUT2D eigenvalue weighted by Gasteiger charge is 2.23. The lowest BCUT2D eigenvalue weighted by Crippen LogP contribution is -2.43. The van der Waals surface area contributed by atoms with Crippen LogP contribution in [0.25, 0.3) is 0 Å². The van der Waals surface area contributed by atoms with Gasteiger partial charge in [-0.1, -0.05) is 26.0 Å². The highest BCUT2D eigenvalue weighted by Crippen LogP contribution is 2.15. The Hall–Kier alpha value is -0.930. The van der Waals surface area contributed by atoms with Gasteiger partial charge in [0.25, 0.3) is 0 Å². The van der Waals surface area contributed by atoms with Gasteiger partial charge in [-0.05, 0) is 37.1 Å². The third kappa shape index (κ3) is 4.10. The molecule has 96 valence electrons. The summed E-state index contributed by atoms with van der Waals surface area (Å²) in [5, 5.41) is 3.25. The summed E-state index contributed by atoms with van der Waals surface area (Å²) in [5.74, 6) is 0.238. The zero-order valence-corrected chi connectivity index (χ0v) is 11.0. The molecule has 3 heteroatoms. The van der Waals surface area contributed by atoms with Crippen molar-refractivity contribution >= 4 is 0 Å². The van der Waals surface area contributed by atoms with E-state index < -0.39 is 0 Å². The second kappa shape index (κ2) is 6.72. The van der Waals surface area contributed by atoms with Crippen molar-refractivity contribution in [1.82, 2.24) is 5.32 Å². The standard InChI is InChI=1S/C14H22FNO/c1-10(2)14(17-4)13(16-3)9-11-6-5-7-12(15)8-11/h5-8,10,13-14,16H,9H2,1-4H3. The van der Waals surface area contributed by atoms with Crippen LogP contribution in [-0.4, -0.2) is 26.3 Å². The van der Waals surface area contributed by atoms with Gasteiger partial charge in [0.2, 0.25) is 0 Å². The highest BCUT2D eigenvalue weighted by molar-refractivity contribution is 5.17. The maximum absolute atomic E-state index is 13.1. The Kier molecular flexibility index (Phi) is 5.59. The molecular formula is C14H22FNO. The van der Waals surface area contributed by atoms with Gasteiger partial charge < -0.3 is 10.1 Å². The average Bonchev–Trinajstić information content (AvgIpc) is 2.28. The van der Waals surface area contributed by atoms with E-state index in [0.29, 0.717) is 5.92 Å². The molecule has 0 spiro atoms. The summed E-state index contributed by atoms with van der Waals surface area (Å²) < 4.78 is 18.6. The SMILES string of the molecule is CNC(Cc1cccc(F)c1)C(OC)C(C)C. The molecule has 0 saturated heterocycles. The van der Waals surface area contributed by atoms with E-state index in [-0.39, 0.29) is 18.0 Å². The van der Waals surface area contributed by atoms with Crippen LogP contribution in [0.3, 0.4) is 0 Å². The zero-order valence-electron chi connectivity index (χ0n) is 11.0. The summed E-state index contributed by atoms with van der Waals surface area (Å²) in [7, 11) is 3.64. The highest BCUT2D eigenvalue weighted by atomic mass is 19.1. The van der Waals surface area contributed by atoms with E-state index in [1.54, 1.807) is 19.2 Å². The van der Waals surface area contributed by atoms with Gasteiger partial charge in [-0.15, -0.1) is 0 Å². The first-order chi connectivity index (χ1) is 8.08. The summed E-state index contributed by atoms with van der Waals surface area (Å²) in [6, 6.07) is 6.93. The third-order valence-electron chi connectivity index (χ3n) is 3.04. The molecule has 1 aromatic carbocycles. The Morgan fingerprint density at radius 3 is 2.53 bits per heavy atom. The number of benzene rings is 1. The van der Waals surface area contributed by atoms with Gasteiger partial charge in [0.1, 0.15) is 5.82 Å². The molecule has 2 unspecified atom stereocenters. The summed E-state index contributed by atoms with van der Waals surface area (Å²) >= 11 is 0. The number of hydrogen-bond acceptors (Lipinski definition) is 2. The van der Waals surface area contributed by atoms with Crippen LogP contribution < -0.4 is 5.32 Å². The molecule has 1 N–H and O–H groups in total. The smallest absolute Gasteiger partial charge is 0.123 e. The van der Waals surface area contributed by atoms with Gasteiger partial charge in [0.15, 0.2) is 0 Å². The normalized spacial score (nSPS) is 14.9. The van der Waals surface area contributed by atoms with Crippen molar-refractivity contribution in [3.05, 3.63) is 35.6 Å². The molecular weight excluding hydrogens is 217 g/mol. The number of rotatable bonds is 6. The van der Waals surface area contributed by atoms with Gasteiger partial charge in [0, 0.05) is 13.2 Å². The van der Waals surface area contributed by atoms with Crippen LogP contribution in [0.15, 0.2) is 24.3 Å². The van der Waals surface area contributed by atoms with Crippen LogP contribution in [0.4, 0.5) is 4.39 Å². The molecule has 0 heterocycles. The zero-order chi connectivity index (χ0) is 12.8. The van der Waals surface area contributed by atoms with E-state index in [9.17, 15) is 4.39 Å². The molecule has 17 heavy (non-hydrogen) atoms. The Bertz CT molecular complexity index is 341. The third-order valence-corrected chi connectivity index (χ3v) is 3.04. The Morgan fingerprint density at radius 1 is 1.35 bits per heavy atom. The fraction of sp³-hybridized carbons (Fsp3) is 0.571. The predicted molar refractivity (Wildman–Crippen MR) is 68.6 cm³/mol. The minimum atomic E-state index is -0.184. The molecule has 0 amide bonds. The van der Waals surface area contributed by atoms with Crippen molar-refractivity contribution in [1.29, 1.82) is 0 Å². The molecule has 0 radical (unpaired) electrons. The average molecular weight is 239 g/mol. The molecule has 0 aliphatic heterocycles. The Balaban J connectivity index is 2.75. The minimum absolute atomic E-state index is 0.128. The molecule has 1 aromatic rings. The van der Waals surface area contributed by atoms with Crippen LogP contribution in [0, 0.1) is 11.7 Å². The van der Waals surface area contributed by atoms with Crippen LogP contribution in [-0.2, 0) is 11.2 Å². The summed E-state index contributed by atoms with van der Waals surface area (Å²) in [5.41, 5.74) is 0.993. The molecule has 0 aliphatic carbocycles. The summed E-state index contributed by atoms with van der Waals surface area (Å²) in [6.45, 7) is 4.26. The number of methoxy groups -OCH3 is 1. The van der Waals surface area contributed by atoms with Crippen molar-refractivity contribution in [3.63, 3.8) is 0 Å². The maximum Gasteiger partial charge on any atom is 0.123 e. The molecule has 1 rings (SSSR count). The lowest BCUT2D eigenvalue weighted by molar-refractivity contribution is 0.0354. The maximum atomic E-state index is 13.1. The largest absolute Gasteiger partial charge is 0.380 e. The second-order valence-corrected chi connectivity index (χ2v) is 4.67. The first-order valence-electron chi connectivity index (χ1n) is 6.03. The fourth-order valence-corrected chi connectivity index (χ4v) is 2.20. The van der Waals surface area contributed by atoms with E-state index in [1.165, 1.54) is 6.07 Å². The van der Waals surface area contributed by atoms with Crippen LogP contribution in [0.5, 0.6) is 0 Å². The van der Waals surface area contributed by atoms with Gasteiger partial charge in [0.05, 0.1) is 6.10 Å². The van der Waals surface area contributed by atoms with Crippen molar-refractivity contribution in [2.45, 2.75) is 32.4 Å². The van der Waals surface area contributed by atoms with Crippen molar-refractivity contribution in [3.8, 4) is 0 Å². The number of nitrogens with one attached hydrogen (secondary N) is 1. The van der Waals surface area contributed by atoms with Crippen molar-refractivity contribution in [2.75, 3.05) is 14.2 Å². The summed E-state index contributed by atoms with van der Waals surface area (Å²) in [6.07, 6.45) is 0.897.